The maximum atomic E-state index is 12.8. The molecule has 1 aliphatic rings. The van der Waals surface area contributed by atoms with Crippen LogP contribution in [0.5, 0.6) is 0 Å². The molecule has 1 aromatic carbocycles. The van der Waals surface area contributed by atoms with E-state index in [0.717, 1.165) is 6.07 Å². The van der Waals surface area contributed by atoms with Gasteiger partial charge in [-0.2, -0.15) is 4.31 Å². The lowest BCUT2D eigenvalue weighted by molar-refractivity contribution is -0.385. The van der Waals surface area contributed by atoms with Crippen molar-refractivity contribution >= 4 is 37.5 Å². The second kappa shape index (κ2) is 7.02. The molecule has 0 saturated carbocycles. The number of halogens is 1. The predicted octanol–water partition coefficient (Wildman–Crippen LogP) is 1.66. The second-order valence-electron chi connectivity index (χ2n) is 5.36. The molecule has 1 aromatic heterocycles. The van der Waals surface area contributed by atoms with Gasteiger partial charge in [0.2, 0.25) is 10.0 Å². The first-order chi connectivity index (χ1) is 11.9. The minimum Gasteiger partial charge on any atom is -0.353 e. The van der Waals surface area contributed by atoms with Crippen molar-refractivity contribution in [3.05, 3.63) is 51.4 Å². The number of anilines is 1. The molecule has 0 radical (unpaired) electrons. The number of nitrogens with zero attached hydrogens (tertiary/aromatic N) is 5. The van der Waals surface area contributed by atoms with E-state index in [9.17, 15) is 18.5 Å². The summed E-state index contributed by atoms with van der Waals surface area (Å²) < 4.78 is 27.3. The summed E-state index contributed by atoms with van der Waals surface area (Å²) in [5.74, 6) is 0.692. The highest BCUT2D eigenvalue weighted by Gasteiger charge is 2.30. The van der Waals surface area contributed by atoms with Crippen LogP contribution in [0.15, 0.2) is 46.2 Å². The third kappa shape index (κ3) is 3.78. The lowest BCUT2D eigenvalue weighted by atomic mass is 10.3. The van der Waals surface area contributed by atoms with Crippen LogP contribution in [0.3, 0.4) is 0 Å². The summed E-state index contributed by atoms with van der Waals surface area (Å²) >= 11 is 3.13. The molecular weight excluding hydrogens is 414 g/mol. The molecule has 0 unspecified atom stereocenters. The van der Waals surface area contributed by atoms with Gasteiger partial charge in [-0.3, -0.25) is 15.1 Å². The van der Waals surface area contributed by atoms with Crippen molar-refractivity contribution in [2.24, 2.45) is 0 Å². The number of benzene rings is 1. The Labute approximate surface area is 152 Å². The number of hydrogen-bond donors (Lipinski definition) is 0. The van der Waals surface area contributed by atoms with E-state index in [4.69, 9.17) is 0 Å². The Kier molecular flexibility index (Phi) is 4.97. The number of rotatable bonds is 4. The Morgan fingerprint density at radius 1 is 1.12 bits per heavy atom. The van der Waals surface area contributed by atoms with Crippen molar-refractivity contribution in [2.45, 2.75) is 4.90 Å². The third-order valence-corrected chi connectivity index (χ3v) is 6.15. The zero-order chi connectivity index (χ0) is 18.0. The Morgan fingerprint density at radius 2 is 1.84 bits per heavy atom. The topological polar surface area (TPSA) is 110 Å². The van der Waals surface area contributed by atoms with E-state index in [1.54, 1.807) is 18.6 Å². The molecular formula is C14H14BrN5O4S. The molecule has 1 fully saturated rings. The van der Waals surface area contributed by atoms with E-state index in [1.807, 2.05) is 4.90 Å². The average molecular weight is 428 g/mol. The van der Waals surface area contributed by atoms with Crippen LogP contribution >= 0.6 is 15.9 Å². The van der Waals surface area contributed by atoms with E-state index < -0.39 is 14.9 Å². The number of nitro benzene ring substituents is 1. The molecule has 0 bridgehead atoms. The third-order valence-electron chi connectivity index (χ3n) is 3.82. The fourth-order valence-corrected chi connectivity index (χ4v) is 4.68. The Morgan fingerprint density at radius 3 is 2.44 bits per heavy atom. The number of non-ortho nitro benzene ring substituents is 1. The number of nitro groups is 1. The Bertz CT molecular complexity index is 885. The molecule has 0 amide bonds. The highest BCUT2D eigenvalue weighted by atomic mass is 79.9. The molecule has 0 atom stereocenters. The second-order valence-corrected chi connectivity index (χ2v) is 8.21. The van der Waals surface area contributed by atoms with E-state index in [0.29, 0.717) is 23.4 Å². The van der Waals surface area contributed by atoms with Gasteiger partial charge in [0.1, 0.15) is 5.82 Å². The number of hydrogen-bond acceptors (Lipinski definition) is 7. The highest BCUT2D eigenvalue weighted by Crippen LogP contribution is 2.27. The molecule has 1 aliphatic heterocycles. The smallest absolute Gasteiger partial charge is 0.271 e. The van der Waals surface area contributed by atoms with Gasteiger partial charge >= 0.3 is 0 Å². The molecule has 0 aliphatic carbocycles. The van der Waals surface area contributed by atoms with Crippen molar-refractivity contribution in [3.8, 4) is 0 Å². The summed E-state index contributed by atoms with van der Waals surface area (Å²) in [7, 11) is -3.81. The molecule has 25 heavy (non-hydrogen) atoms. The number of aromatic nitrogens is 2. The van der Waals surface area contributed by atoms with Crippen molar-refractivity contribution in [1.29, 1.82) is 0 Å². The van der Waals surface area contributed by atoms with Crippen LogP contribution in [0.25, 0.3) is 0 Å². The molecule has 1 saturated heterocycles. The summed E-state index contributed by atoms with van der Waals surface area (Å²) in [6.07, 6.45) is 4.78. The molecule has 2 aromatic rings. The van der Waals surface area contributed by atoms with Crippen molar-refractivity contribution in [1.82, 2.24) is 14.3 Å². The van der Waals surface area contributed by atoms with E-state index >= 15 is 0 Å². The van der Waals surface area contributed by atoms with Gasteiger partial charge in [-0.25, -0.2) is 13.4 Å². The van der Waals surface area contributed by atoms with Crippen molar-refractivity contribution in [2.75, 3.05) is 31.1 Å². The lowest BCUT2D eigenvalue weighted by Crippen LogP contribution is -2.48. The van der Waals surface area contributed by atoms with Crippen LogP contribution in [0.1, 0.15) is 0 Å². The van der Waals surface area contributed by atoms with Gasteiger partial charge < -0.3 is 4.90 Å². The quantitative estimate of drug-likeness (QED) is 0.538. The van der Waals surface area contributed by atoms with Crippen molar-refractivity contribution < 1.29 is 13.3 Å². The molecule has 0 N–H and O–H groups in total. The SMILES string of the molecule is O=[N+]([O-])c1cc(Br)cc(S(=O)(=O)N2CCN(c3cnccn3)CC2)c1. The summed E-state index contributed by atoms with van der Waals surface area (Å²) in [5, 5.41) is 11.0. The van der Waals surface area contributed by atoms with Gasteiger partial charge in [-0.1, -0.05) is 15.9 Å². The van der Waals surface area contributed by atoms with Crippen LogP contribution in [-0.2, 0) is 10.0 Å². The normalized spacial score (nSPS) is 16.0. The van der Waals surface area contributed by atoms with Crippen LogP contribution in [-0.4, -0.2) is 53.8 Å². The summed E-state index contributed by atoms with van der Waals surface area (Å²) in [6.45, 7) is 1.46. The number of sulfonamides is 1. The highest BCUT2D eigenvalue weighted by molar-refractivity contribution is 9.10. The molecule has 11 heteroatoms. The predicted molar refractivity (Wildman–Crippen MR) is 93.8 cm³/mol. The molecule has 0 spiro atoms. The minimum absolute atomic E-state index is 0.0958. The summed E-state index contributed by atoms with van der Waals surface area (Å²) in [5.41, 5.74) is -0.272. The van der Waals surface area contributed by atoms with Gasteiger partial charge in [0.05, 0.1) is 16.0 Å². The summed E-state index contributed by atoms with van der Waals surface area (Å²) in [6, 6.07) is 3.72. The maximum Gasteiger partial charge on any atom is 0.271 e. The van der Waals surface area contributed by atoms with Crippen LogP contribution in [0.4, 0.5) is 11.5 Å². The average Bonchev–Trinajstić information content (AvgIpc) is 2.62. The Balaban J connectivity index is 1.79. The molecule has 9 nitrogen and oxygen atoms in total. The lowest BCUT2D eigenvalue weighted by Gasteiger charge is -2.34. The molecule has 2 heterocycles. The van der Waals surface area contributed by atoms with E-state index in [1.165, 1.54) is 16.4 Å². The van der Waals surface area contributed by atoms with Gasteiger partial charge in [-0.15, -0.1) is 0 Å². The molecule has 3 rings (SSSR count). The first-order valence-electron chi connectivity index (χ1n) is 7.34. The fourth-order valence-electron chi connectivity index (χ4n) is 2.56. The minimum atomic E-state index is -3.81. The van der Waals surface area contributed by atoms with E-state index in [-0.39, 0.29) is 23.7 Å². The maximum absolute atomic E-state index is 12.8. The van der Waals surface area contributed by atoms with E-state index in [2.05, 4.69) is 25.9 Å². The standard InChI is InChI=1S/C14H14BrN5O4S/c15-11-7-12(20(21)22)9-13(8-11)25(23,24)19-5-3-18(4-6-19)14-10-16-1-2-17-14/h1-2,7-10H,3-6H2. The van der Waals surface area contributed by atoms with Gasteiger partial charge in [0.15, 0.2) is 0 Å². The number of piperazine rings is 1. The summed E-state index contributed by atoms with van der Waals surface area (Å²) in [4.78, 5) is 20.4. The molecule has 132 valence electrons. The zero-order valence-corrected chi connectivity index (χ0v) is 15.4. The van der Waals surface area contributed by atoms with Gasteiger partial charge in [-0.05, 0) is 6.07 Å². The van der Waals surface area contributed by atoms with Crippen LogP contribution in [0, 0.1) is 10.1 Å². The fraction of sp³-hybridized carbons (Fsp3) is 0.286. The van der Waals surface area contributed by atoms with Crippen molar-refractivity contribution in [3.63, 3.8) is 0 Å². The largest absolute Gasteiger partial charge is 0.353 e. The van der Waals surface area contributed by atoms with Crippen LogP contribution < -0.4 is 4.90 Å². The zero-order valence-electron chi connectivity index (χ0n) is 12.9. The monoisotopic (exact) mass is 427 g/mol. The van der Waals surface area contributed by atoms with Crippen LogP contribution in [0.2, 0.25) is 0 Å². The van der Waals surface area contributed by atoms with Gasteiger partial charge in [0.25, 0.3) is 5.69 Å². The van der Waals surface area contributed by atoms with Gasteiger partial charge in [0, 0.05) is 55.2 Å². The Hall–Kier alpha value is -2.11. The first-order valence-corrected chi connectivity index (χ1v) is 9.57. The first kappa shape index (κ1) is 17.7.